The highest BCUT2D eigenvalue weighted by Crippen LogP contribution is 2.49. The van der Waals surface area contributed by atoms with E-state index in [0.29, 0.717) is 0 Å². The molecule has 0 aromatic heterocycles. The minimum absolute atomic E-state index is 0.756. The Labute approximate surface area is 90.3 Å². The summed E-state index contributed by atoms with van der Waals surface area (Å²) in [6.45, 7) is 0. The number of rotatable bonds is 3. The quantitative estimate of drug-likeness (QED) is 0.658. The molecule has 0 N–H and O–H groups in total. The first-order chi connectivity index (χ1) is 6.88. The van der Waals surface area contributed by atoms with E-state index in [1.54, 1.807) is 5.56 Å². The fraction of sp³-hybridized carbons (Fsp3) is 0.538. The van der Waals surface area contributed by atoms with Crippen LogP contribution in [0.3, 0.4) is 0 Å². The van der Waals surface area contributed by atoms with Gasteiger partial charge in [-0.15, -0.1) is 11.6 Å². The Morgan fingerprint density at radius 3 is 2.64 bits per heavy atom. The molecular weight excluding hydrogens is 192 g/mol. The molecule has 1 aromatic carbocycles. The fourth-order valence-corrected chi connectivity index (χ4v) is 2.63. The fourth-order valence-electron chi connectivity index (χ4n) is 2.29. The van der Waals surface area contributed by atoms with Crippen LogP contribution in [0.2, 0.25) is 0 Å². The van der Waals surface area contributed by atoms with E-state index in [-0.39, 0.29) is 0 Å². The summed E-state index contributed by atoms with van der Waals surface area (Å²) in [5.41, 5.74) is 3.09. The molecule has 2 atom stereocenters. The number of alkyl halides is 1. The van der Waals surface area contributed by atoms with E-state index in [2.05, 4.69) is 24.3 Å². The summed E-state index contributed by atoms with van der Waals surface area (Å²) in [5.74, 6) is 3.23. The second-order valence-corrected chi connectivity index (χ2v) is 5.01. The van der Waals surface area contributed by atoms with Gasteiger partial charge in [0.1, 0.15) is 0 Å². The lowest BCUT2D eigenvalue weighted by atomic mass is 10.0. The standard InChI is InChI=1S/C13H15Cl/c14-8-12-7-13(12)11-3-1-2-10(6-11)9-4-5-9/h1-3,6,9,12-13H,4-5,7-8H2. The number of halogens is 1. The van der Waals surface area contributed by atoms with Crippen LogP contribution in [0.15, 0.2) is 24.3 Å². The van der Waals surface area contributed by atoms with Crippen molar-refractivity contribution in [3.8, 4) is 0 Å². The summed E-state index contributed by atoms with van der Waals surface area (Å²) < 4.78 is 0. The number of benzene rings is 1. The van der Waals surface area contributed by atoms with Crippen molar-refractivity contribution in [2.75, 3.05) is 5.88 Å². The summed E-state index contributed by atoms with van der Waals surface area (Å²) in [5, 5.41) is 0. The van der Waals surface area contributed by atoms with E-state index >= 15 is 0 Å². The van der Waals surface area contributed by atoms with E-state index in [0.717, 1.165) is 23.6 Å². The Hall–Kier alpha value is -0.490. The van der Waals surface area contributed by atoms with Crippen molar-refractivity contribution in [3.05, 3.63) is 35.4 Å². The Bertz CT molecular complexity index is 341. The predicted octanol–water partition coefficient (Wildman–Crippen LogP) is 3.91. The monoisotopic (exact) mass is 206 g/mol. The Balaban J connectivity index is 1.81. The predicted molar refractivity (Wildman–Crippen MR) is 60.0 cm³/mol. The maximum absolute atomic E-state index is 5.86. The van der Waals surface area contributed by atoms with Crippen LogP contribution >= 0.6 is 11.6 Å². The molecule has 2 aliphatic carbocycles. The summed E-state index contributed by atoms with van der Waals surface area (Å²) in [7, 11) is 0. The van der Waals surface area contributed by atoms with Gasteiger partial charge >= 0.3 is 0 Å². The van der Waals surface area contributed by atoms with Crippen molar-refractivity contribution in [1.29, 1.82) is 0 Å². The van der Waals surface area contributed by atoms with Crippen LogP contribution in [0.4, 0.5) is 0 Å². The summed E-state index contributed by atoms with van der Waals surface area (Å²) in [6, 6.07) is 9.17. The molecule has 0 saturated heterocycles. The van der Waals surface area contributed by atoms with E-state index in [1.165, 1.54) is 24.8 Å². The first kappa shape index (κ1) is 8.79. The van der Waals surface area contributed by atoms with Crippen LogP contribution in [0.5, 0.6) is 0 Å². The molecule has 2 fully saturated rings. The van der Waals surface area contributed by atoms with E-state index in [9.17, 15) is 0 Å². The van der Waals surface area contributed by atoms with Gasteiger partial charge in [0.2, 0.25) is 0 Å². The highest BCUT2D eigenvalue weighted by atomic mass is 35.5. The second-order valence-electron chi connectivity index (χ2n) is 4.70. The topological polar surface area (TPSA) is 0 Å². The third kappa shape index (κ3) is 1.56. The number of hydrogen-bond donors (Lipinski definition) is 0. The van der Waals surface area contributed by atoms with Crippen LogP contribution in [-0.2, 0) is 0 Å². The molecule has 0 aliphatic heterocycles. The van der Waals surface area contributed by atoms with E-state index in [4.69, 9.17) is 11.6 Å². The first-order valence-electron chi connectivity index (χ1n) is 5.54. The first-order valence-corrected chi connectivity index (χ1v) is 6.08. The van der Waals surface area contributed by atoms with Gasteiger partial charge in [-0.2, -0.15) is 0 Å². The van der Waals surface area contributed by atoms with Crippen molar-refractivity contribution >= 4 is 11.6 Å². The van der Waals surface area contributed by atoms with Gasteiger partial charge in [-0.1, -0.05) is 24.3 Å². The van der Waals surface area contributed by atoms with Crippen LogP contribution in [0.1, 0.15) is 42.2 Å². The van der Waals surface area contributed by atoms with Gasteiger partial charge in [0, 0.05) is 5.88 Å². The van der Waals surface area contributed by atoms with Gasteiger partial charge in [0.25, 0.3) is 0 Å². The maximum atomic E-state index is 5.86. The van der Waals surface area contributed by atoms with E-state index < -0.39 is 0 Å². The summed E-state index contributed by atoms with van der Waals surface area (Å²) >= 11 is 5.86. The molecule has 2 unspecified atom stereocenters. The zero-order valence-corrected chi connectivity index (χ0v) is 9.00. The van der Waals surface area contributed by atoms with Crippen LogP contribution < -0.4 is 0 Å². The molecule has 0 bridgehead atoms. The van der Waals surface area contributed by atoms with Gasteiger partial charge in [-0.25, -0.2) is 0 Å². The molecule has 14 heavy (non-hydrogen) atoms. The summed E-state index contributed by atoms with van der Waals surface area (Å²) in [6.07, 6.45) is 4.09. The largest absolute Gasteiger partial charge is 0.126 e. The zero-order chi connectivity index (χ0) is 9.54. The maximum Gasteiger partial charge on any atom is 0.0257 e. The second kappa shape index (κ2) is 3.27. The third-order valence-electron chi connectivity index (χ3n) is 3.51. The average Bonchev–Trinajstić information content (AvgIpc) is 3.11. The molecule has 74 valence electrons. The minimum atomic E-state index is 0.756. The Kier molecular flexibility index (Phi) is 2.05. The van der Waals surface area contributed by atoms with Crippen LogP contribution in [-0.4, -0.2) is 5.88 Å². The van der Waals surface area contributed by atoms with Crippen molar-refractivity contribution in [2.24, 2.45) is 5.92 Å². The summed E-state index contributed by atoms with van der Waals surface area (Å²) in [4.78, 5) is 0. The lowest BCUT2D eigenvalue weighted by Gasteiger charge is -2.02. The molecule has 2 aliphatic rings. The molecule has 3 rings (SSSR count). The van der Waals surface area contributed by atoms with Crippen molar-refractivity contribution < 1.29 is 0 Å². The number of hydrogen-bond acceptors (Lipinski definition) is 0. The zero-order valence-electron chi connectivity index (χ0n) is 8.25. The molecule has 0 radical (unpaired) electrons. The smallest absolute Gasteiger partial charge is 0.0257 e. The van der Waals surface area contributed by atoms with Crippen LogP contribution in [0.25, 0.3) is 0 Å². The van der Waals surface area contributed by atoms with Gasteiger partial charge < -0.3 is 0 Å². The van der Waals surface area contributed by atoms with Crippen LogP contribution in [0, 0.1) is 5.92 Å². The van der Waals surface area contributed by atoms with E-state index in [1.807, 2.05) is 0 Å². The SMILES string of the molecule is ClCC1CC1c1cccc(C2CC2)c1. The molecular formula is C13H15Cl. The lowest BCUT2D eigenvalue weighted by Crippen LogP contribution is -1.87. The molecule has 0 nitrogen and oxygen atoms in total. The van der Waals surface area contributed by atoms with Crippen molar-refractivity contribution in [2.45, 2.75) is 31.1 Å². The van der Waals surface area contributed by atoms with Gasteiger partial charge in [-0.05, 0) is 48.1 Å². The highest BCUT2D eigenvalue weighted by Gasteiger charge is 2.37. The average molecular weight is 207 g/mol. The molecule has 0 heterocycles. The van der Waals surface area contributed by atoms with Gasteiger partial charge in [-0.3, -0.25) is 0 Å². The Morgan fingerprint density at radius 2 is 2.00 bits per heavy atom. The molecule has 0 spiro atoms. The minimum Gasteiger partial charge on any atom is -0.126 e. The molecule has 2 saturated carbocycles. The lowest BCUT2D eigenvalue weighted by molar-refractivity contribution is 0.919. The van der Waals surface area contributed by atoms with Gasteiger partial charge in [0.05, 0.1) is 0 Å². The molecule has 0 amide bonds. The van der Waals surface area contributed by atoms with Crippen molar-refractivity contribution in [1.82, 2.24) is 0 Å². The van der Waals surface area contributed by atoms with Crippen molar-refractivity contribution in [3.63, 3.8) is 0 Å². The Morgan fingerprint density at radius 1 is 1.21 bits per heavy atom. The highest BCUT2D eigenvalue weighted by molar-refractivity contribution is 6.18. The van der Waals surface area contributed by atoms with Gasteiger partial charge in [0.15, 0.2) is 0 Å². The third-order valence-corrected chi connectivity index (χ3v) is 3.90. The molecule has 1 aromatic rings. The normalized spacial score (nSPS) is 30.4. The molecule has 1 heteroatoms.